The summed E-state index contributed by atoms with van der Waals surface area (Å²) in [5.74, 6) is 0.703. The molecule has 1 aliphatic rings. The third kappa shape index (κ3) is 3.59. The number of hydrogen-bond acceptors (Lipinski definition) is 4. The highest BCUT2D eigenvalue weighted by molar-refractivity contribution is 6.31. The molecule has 0 radical (unpaired) electrons. The number of rotatable bonds is 3. The second-order valence-corrected chi connectivity index (χ2v) is 7.21. The van der Waals surface area contributed by atoms with Crippen LogP contribution in [0.15, 0.2) is 47.3 Å². The Labute approximate surface area is 157 Å². The van der Waals surface area contributed by atoms with Crippen molar-refractivity contribution in [3.05, 3.63) is 69.2 Å². The second kappa shape index (κ2) is 7.09. The minimum Gasteiger partial charge on any atom is -0.369 e. The number of aromatic nitrogens is 2. The number of aryl methyl sites for hydroxylation is 1. The van der Waals surface area contributed by atoms with E-state index in [1.54, 1.807) is 18.2 Å². The molecule has 1 aliphatic heterocycles. The van der Waals surface area contributed by atoms with Crippen LogP contribution in [-0.2, 0) is 6.54 Å². The van der Waals surface area contributed by atoms with Crippen LogP contribution < -0.4 is 10.5 Å². The zero-order valence-electron chi connectivity index (χ0n) is 14.7. The van der Waals surface area contributed by atoms with Crippen LogP contribution in [0.3, 0.4) is 0 Å². The van der Waals surface area contributed by atoms with Gasteiger partial charge in [0, 0.05) is 36.9 Å². The fourth-order valence-corrected chi connectivity index (χ4v) is 3.61. The summed E-state index contributed by atoms with van der Waals surface area (Å²) in [4.78, 5) is 24.5. The molecule has 0 saturated carbocycles. The molecule has 1 aromatic heterocycles. The van der Waals surface area contributed by atoms with Gasteiger partial charge in [0.05, 0.1) is 17.4 Å². The first-order chi connectivity index (χ1) is 12.6. The maximum Gasteiger partial charge on any atom is 0.258 e. The van der Waals surface area contributed by atoms with Crippen molar-refractivity contribution < 1.29 is 0 Å². The van der Waals surface area contributed by atoms with Crippen LogP contribution in [0, 0.1) is 6.92 Å². The van der Waals surface area contributed by atoms with Crippen LogP contribution in [0.4, 0.5) is 5.69 Å². The van der Waals surface area contributed by atoms with Gasteiger partial charge in [-0.15, -0.1) is 0 Å². The Bertz CT molecular complexity index is 993. The summed E-state index contributed by atoms with van der Waals surface area (Å²) in [6.45, 7) is 6.59. The molecular formula is C20H21ClN4O. The highest BCUT2D eigenvalue weighted by Crippen LogP contribution is 2.19. The number of benzene rings is 2. The Morgan fingerprint density at radius 3 is 2.69 bits per heavy atom. The summed E-state index contributed by atoms with van der Waals surface area (Å²) >= 11 is 5.97. The summed E-state index contributed by atoms with van der Waals surface area (Å²) in [7, 11) is 0. The number of H-pyrrole nitrogens is 1. The molecule has 0 unspecified atom stereocenters. The third-order valence-electron chi connectivity index (χ3n) is 4.83. The zero-order chi connectivity index (χ0) is 18.1. The zero-order valence-corrected chi connectivity index (χ0v) is 15.5. The topological polar surface area (TPSA) is 52.2 Å². The van der Waals surface area contributed by atoms with Crippen molar-refractivity contribution in [2.45, 2.75) is 13.5 Å². The van der Waals surface area contributed by atoms with Crippen molar-refractivity contribution in [1.82, 2.24) is 14.9 Å². The molecule has 2 aromatic carbocycles. The van der Waals surface area contributed by atoms with E-state index in [1.807, 2.05) is 0 Å². The van der Waals surface area contributed by atoms with Gasteiger partial charge in [0.15, 0.2) is 0 Å². The van der Waals surface area contributed by atoms with Gasteiger partial charge in [-0.05, 0) is 42.8 Å². The van der Waals surface area contributed by atoms with Crippen molar-refractivity contribution in [1.29, 1.82) is 0 Å². The Kier molecular flexibility index (Phi) is 4.66. The average Bonchev–Trinajstić information content (AvgIpc) is 2.63. The van der Waals surface area contributed by atoms with Gasteiger partial charge >= 0.3 is 0 Å². The van der Waals surface area contributed by atoms with E-state index in [0.717, 1.165) is 26.2 Å². The van der Waals surface area contributed by atoms with Crippen LogP contribution in [0.25, 0.3) is 10.9 Å². The van der Waals surface area contributed by atoms with E-state index < -0.39 is 0 Å². The summed E-state index contributed by atoms with van der Waals surface area (Å²) < 4.78 is 0. The molecule has 26 heavy (non-hydrogen) atoms. The first kappa shape index (κ1) is 17.1. The van der Waals surface area contributed by atoms with Crippen LogP contribution in [0.1, 0.15) is 11.4 Å². The Morgan fingerprint density at radius 2 is 1.92 bits per heavy atom. The maximum absolute atomic E-state index is 12.3. The predicted octanol–water partition coefficient (Wildman–Crippen LogP) is 3.21. The number of nitrogens with zero attached hydrogens (tertiary/aromatic N) is 3. The largest absolute Gasteiger partial charge is 0.369 e. The first-order valence-electron chi connectivity index (χ1n) is 8.81. The predicted molar refractivity (Wildman–Crippen MR) is 106 cm³/mol. The molecule has 6 heteroatoms. The van der Waals surface area contributed by atoms with Gasteiger partial charge in [0.2, 0.25) is 0 Å². The molecular weight excluding hydrogens is 348 g/mol. The van der Waals surface area contributed by atoms with Gasteiger partial charge in [0.25, 0.3) is 5.56 Å². The van der Waals surface area contributed by atoms with E-state index in [0.29, 0.717) is 28.3 Å². The van der Waals surface area contributed by atoms with Crippen LogP contribution in [0.2, 0.25) is 5.02 Å². The Balaban J connectivity index is 1.45. The quantitative estimate of drug-likeness (QED) is 0.771. The monoisotopic (exact) mass is 368 g/mol. The van der Waals surface area contributed by atoms with E-state index in [2.05, 4.69) is 51.0 Å². The van der Waals surface area contributed by atoms with E-state index in [9.17, 15) is 4.79 Å². The molecule has 1 fully saturated rings. The summed E-state index contributed by atoms with van der Waals surface area (Å²) in [5.41, 5.74) is 3.11. The number of piperazine rings is 1. The van der Waals surface area contributed by atoms with Crippen molar-refractivity contribution >= 4 is 28.2 Å². The molecule has 0 spiro atoms. The smallest absolute Gasteiger partial charge is 0.258 e. The van der Waals surface area contributed by atoms with Gasteiger partial charge in [-0.25, -0.2) is 4.98 Å². The minimum atomic E-state index is -0.133. The van der Waals surface area contributed by atoms with Gasteiger partial charge in [-0.2, -0.15) is 0 Å². The SMILES string of the molecule is Cc1cccc(N2CCN(Cc3nc4ccc(Cl)cc4c(=O)[nH]3)CC2)c1. The van der Waals surface area contributed by atoms with Gasteiger partial charge in [-0.1, -0.05) is 23.7 Å². The molecule has 3 aromatic rings. The lowest BCUT2D eigenvalue weighted by atomic mass is 10.2. The van der Waals surface area contributed by atoms with Crippen molar-refractivity contribution in [3.63, 3.8) is 0 Å². The minimum absolute atomic E-state index is 0.133. The summed E-state index contributed by atoms with van der Waals surface area (Å²) in [6, 6.07) is 13.8. The number of aromatic amines is 1. The van der Waals surface area contributed by atoms with Crippen LogP contribution >= 0.6 is 11.6 Å². The molecule has 134 valence electrons. The molecule has 0 atom stereocenters. The summed E-state index contributed by atoms with van der Waals surface area (Å²) in [6.07, 6.45) is 0. The maximum atomic E-state index is 12.3. The number of hydrogen-bond donors (Lipinski definition) is 1. The fraction of sp³-hybridized carbons (Fsp3) is 0.300. The van der Waals surface area contributed by atoms with E-state index >= 15 is 0 Å². The number of fused-ring (bicyclic) bond motifs is 1. The number of halogens is 1. The molecule has 2 heterocycles. The molecule has 0 amide bonds. The third-order valence-corrected chi connectivity index (χ3v) is 5.06. The number of nitrogens with one attached hydrogen (secondary N) is 1. The summed E-state index contributed by atoms with van der Waals surface area (Å²) in [5, 5.41) is 1.08. The van der Waals surface area contributed by atoms with Crippen molar-refractivity contribution in [2.75, 3.05) is 31.1 Å². The van der Waals surface area contributed by atoms with Crippen LogP contribution in [0.5, 0.6) is 0 Å². The van der Waals surface area contributed by atoms with Crippen molar-refractivity contribution in [3.8, 4) is 0 Å². The standard InChI is InChI=1S/C20H21ClN4O/c1-14-3-2-4-16(11-14)25-9-7-24(8-10-25)13-19-22-18-6-5-15(21)12-17(18)20(26)23-19/h2-6,11-12H,7-10,13H2,1H3,(H,22,23,26). The highest BCUT2D eigenvalue weighted by atomic mass is 35.5. The normalized spacial score (nSPS) is 15.5. The van der Waals surface area contributed by atoms with E-state index in [1.165, 1.54) is 11.3 Å². The van der Waals surface area contributed by atoms with Crippen molar-refractivity contribution in [2.24, 2.45) is 0 Å². The molecule has 5 nitrogen and oxygen atoms in total. The Morgan fingerprint density at radius 1 is 1.12 bits per heavy atom. The molecule has 1 N–H and O–H groups in total. The lowest BCUT2D eigenvalue weighted by Crippen LogP contribution is -2.46. The lowest BCUT2D eigenvalue weighted by Gasteiger charge is -2.36. The Hall–Kier alpha value is -2.37. The van der Waals surface area contributed by atoms with E-state index in [4.69, 9.17) is 11.6 Å². The second-order valence-electron chi connectivity index (χ2n) is 6.78. The lowest BCUT2D eigenvalue weighted by molar-refractivity contribution is 0.244. The van der Waals surface area contributed by atoms with Gasteiger partial charge < -0.3 is 9.88 Å². The molecule has 1 saturated heterocycles. The first-order valence-corrected chi connectivity index (χ1v) is 9.19. The van der Waals surface area contributed by atoms with Gasteiger partial charge in [-0.3, -0.25) is 9.69 Å². The molecule has 0 aliphatic carbocycles. The highest BCUT2D eigenvalue weighted by Gasteiger charge is 2.18. The van der Waals surface area contributed by atoms with E-state index in [-0.39, 0.29) is 5.56 Å². The molecule has 0 bridgehead atoms. The fourth-order valence-electron chi connectivity index (χ4n) is 3.43. The van der Waals surface area contributed by atoms with Crippen LogP contribution in [-0.4, -0.2) is 41.0 Å². The average molecular weight is 369 g/mol. The van der Waals surface area contributed by atoms with Gasteiger partial charge in [0.1, 0.15) is 5.82 Å². The number of anilines is 1. The molecule has 4 rings (SSSR count).